The smallest absolute Gasteiger partial charge is 0.339 e. The molecule has 1 aromatic rings. The molecule has 0 unspecified atom stereocenters. The molecule has 0 fully saturated rings. The summed E-state index contributed by atoms with van der Waals surface area (Å²) >= 11 is 0. The van der Waals surface area contributed by atoms with E-state index in [2.05, 4.69) is 11.8 Å². The summed E-state index contributed by atoms with van der Waals surface area (Å²) in [4.78, 5) is 11.8. The molecule has 0 spiro atoms. The first kappa shape index (κ1) is 15.3. The molecule has 5 heteroatoms. The first-order valence-corrected chi connectivity index (χ1v) is 5.60. The van der Waals surface area contributed by atoms with Gasteiger partial charge in [0.05, 0.1) is 19.8 Å². The molecule has 104 valence electrons. The zero-order chi connectivity index (χ0) is 15.0. The van der Waals surface area contributed by atoms with E-state index in [4.69, 9.17) is 31.8 Å². The van der Waals surface area contributed by atoms with Crippen LogP contribution in [0.5, 0.6) is 17.2 Å². The Labute approximate surface area is 117 Å². The van der Waals surface area contributed by atoms with E-state index in [0.29, 0.717) is 17.2 Å². The van der Waals surface area contributed by atoms with Crippen LogP contribution < -0.4 is 14.2 Å². The van der Waals surface area contributed by atoms with Crippen LogP contribution in [-0.4, -0.2) is 33.4 Å². The molecule has 0 bridgehead atoms. The number of ether oxygens (including phenoxy) is 4. The van der Waals surface area contributed by atoms with Gasteiger partial charge in [-0.25, -0.2) is 4.79 Å². The number of benzene rings is 1. The monoisotopic (exact) mass is 274 g/mol. The maximum atomic E-state index is 11.8. The van der Waals surface area contributed by atoms with Crippen molar-refractivity contribution < 1.29 is 23.7 Å². The van der Waals surface area contributed by atoms with Crippen LogP contribution in [0.25, 0.3) is 0 Å². The summed E-state index contributed by atoms with van der Waals surface area (Å²) in [5.41, 5.74) is 0.238. The van der Waals surface area contributed by atoms with Crippen LogP contribution in [0.3, 0.4) is 0 Å². The first-order chi connectivity index (χ1) is 9.67. The summed E-state index contributed by atoms with van der Waals surface area (Å²) in [6.07, 6.45) is 10.2. The molecule has 20 heavy (non-hydrogen) atoms. The molecule has 0 radical (unpaired) electrons. The lowest BCUT2D eigenvalue weighted by Gasteiger charge is -2.14. The van der Waals surface area contributed by atoms with Crippen molar-refractivity contribution in [3.8, 4) is 41.9 Å². The van der Waals surface area contributed by atoms with Gasteiger partial charge in [-0.2, -0.15) is 0 Å². The molecule has 0 aliphatic heterocycles. The Kier molecular flexibility index (Phi) is 5.80. The van der Waals surface area contributed by atoms with Crippen LogP contribution in [0.1, 0.15) is 10.4 Å². The minimum atomic E-state index is -0.581. The lowest BCUT2D eigenvalue weighted by atomic mass is 10.2. The highest BCUT2D eigenvalue weighted by atomic mass is 16.5. The van der Waals surface area contributed by atoms with Crippen LogP contribution >= 0.6 is 0 Å². The van der Waals surface area contributed by atoms with Crippen LogP contribution in [0.15, 0.2) is 12.1 Å². The first-order valence-electron chi connectivity index (χ1n) is 5.60. The Morgan fingerprint density at radius 3 is 2.10 bits per heavy atom. The maximum Gasteiger partial charge on any atom is 0.339 e. The standard InChI is InChI=1S/C15H14O5/c1-5-7-19-14-12(17-3)9-11(10-13(14)18-4)15(16)20-8-6-2/h1-2,9-10H,7-8H2,3-4H3. The molecule has 0 amide bonds. The summed E-state index contributed by atoms with van der Waals surface area (Å²) in [6, 6.07) is 2.93. The zero-order valence-electron chi connectivity index (χ0n) is 11.3. The van der Waals surface area contributed by atoms with Gasteiger partial charge in [-0.05, 0) is 12.1 Å². The summed E-state index contributed by atoms with van der Waals surface area (Å²) in [5.74, 6) is 4.91. The zero-order valence-corrected chi connectivity index (χ0v) is 11.3. The summed E-state index contributed by atoms with van der Waals surface area (Å²) in [5, 5.41) is 0. The fourth-order valence-corrected chi connectivity index (χ4v) is 1.44. The molecule has 0 saturated heterocycles. The molecule has 0 aromatic heterocycles. The third kappa shape index (κ3) is 3.60. The van der Waals surface area contributed by atoms with E-state index < -0.39 is 5.97 Å². The highest BCUT2D eigenvalue weighted by Crippen LogP contribution is 2.38. The van der Waals surface area contributed by atoms with Gasteiger partial charge in [0.2, 0.25) is 5.75 Å². The quantitative estimate of drug-likeness (QED) is 0.581. The van der Waals surface area contributed by atoms with Gasteiger partial charge < -0.3 is 18.9 Å². The molecular formula is C15H14O5. The number of carbonyl (C=O) groups excluding carboxylic acids is 1. The van der Waals surface area contributed by atoms with Crippen LogP contribution in [0.2, 0.25) is 0 Å². The molecule has 5 nitrogen and oxygen atoms in total. The Bertz CT molecular complexity index is 538. The fourth-order valence-electron chi connectivity index (χ4n) is 1.44. The highest BCUT2D eigenvalue weighted by molar-refractivity contribution is 5.91. The molecule has 0 aliphatic rings. The van der Waals surface area contributed by atoms with Crippen molar-refractivity contribution >= 4 is 5.97 Å². The number of hydrogen-bond donors (Lipinski definition) is 0. The number of rotatable bonds is 6. The van der Waals surface area contributed by atoms with Crippen LogP contribution in [0, 0.1) is 24.7 Å². The largest absolute Gasteiger partial charge is 0.493 e. The highest BCUT2D eigenvalue weighted by Gasteiger charge is 2.18. The van der Waals surface area contributed by atoms with Crippen molar-refractivity contribution in [1.82, 2.24) is 0 Å². The van der Waals surface area contributed by atoms with Gasteiger partial charge in [-0.1, -0.05) is 11.8 Å². The second-order valence-corrected chi connectivity index (χ2v) is 3.48. The Morgan fingerprint density at radius 2 is 1.65 bits per heavy atom. The molecule has 1 aromatic carbocycles. The number of hydrogen-bond acceptors (Lipinski definition) is 5. The number of esters is 1. The molecule has 1 rings (SSSR count). The van der Waals surface area contributed by atoms with Crippen LogP contribution in [-0.2, 0) is 4.74 Å². The van der Waals surface area contributed by atoms with Gasteiger partial charge in [0, 0.05) is 0 Å². The number of carbonyl (C=O) groups is 1. The SMILES string of the molecule is C#CCOC(=O)c1cc(OC)c(OCC#C)c(OC)c1. The second kappa shape index (κ2) is 7.60. The topological polar surface area (TPSA) is 54.0 Å². The summed E-state index contributed by atoms with van der Waals surface area (Å²) in [7, 11) is 2.88. The number of terminal acetylenes is 2. The van der Waals surface area contributed by atoms with Gasteiger partial charge in [0.1, 0.15) is 6.61 Å². The van der Waals surface area contributed by atoms with Gasteiger partial charge in [0.15, 0.2) is 18.1 Å². The summed E-state index contributed by atoms with van der Waals surface area (Å²) in [6.45, 7) is -0.0631. The van der Waals surface area contributed by atoms with Crippen molar-refractivity contribution in [2.24, 2.45) is 0 Å². The van der Waals surface area contributed by atoms with Crippen molar-refractivity contribution in [2.45, 2.75) is 0 Å². The van der Waals surface area contributed by atoms with Crippen molar-refractivity contribution in [3.05, 3.63) is 17.7 Å². The van der Waals surface area contributed by atoms with E-state index in [9.17, 15) is 4.79 Å². The van der Waals surface area contributed by atoms with Crippen molar-refractivity contribution in [3.63, 3.8) is 0 Å². The van der Waals surface area contributed by atoms with Gasteiger partial charge >= 0.3 is 5.97 Å². The lowest BCUT2D eigenvalue weighted by Crippen LogP contribution is -2.07. The molecular weight excluding hydrogens is 260 g/mol. The Hall–Kier alpha value is -2.79. The minimum absolute atomic E-state index is 0.0492. The normalized spacial score (nSPS) is 9.00. The van der Waals surface area contributed by atoms with E-state index in [1.807, 2.05) is 0 Å². The third-order valence-corrected chi connectivity index (χ3v) is 2.28. The summed E-state index contributed by atoms with van der Waals surface area (Å²) < 4.78 is 20.5. The van der Waals surface area contributed by atoms with Crippen molar-refractivity contribution in [2.75, 3.05) is 27.4 Å². The predicted octanol–water partition coefficient (Wildman–Crippen LogP) is 1.51. The molecule has 0 aliphatic carbocycles. The van der Waals surface area contributed by atoms with Gasteiger partial charge in [-0.15, -0.1) is 12.8 Å². The second-order valence-electron chi connectivity index (χ2n) is 3.48. The van der Waals surface area contributed by atoms with Crippen molar-refractivity contribution in [1.29, 1.82) is 0 Å². The molecule has 0 atom stereocenters. The Morgan fingerprint density at radius 1 is 1.10 bits per heavy atom. The lowest BCUT2D eigenvalue weighted by molar-refractivity contribution is 0.0556. The van der Waals surface area contributed by atoms with Gasteiger partial charge in [-0.3, -0.25) is 0 Å². The van der Waals surface area contributed by atoms with Gasteiger partial charge in [0.25, 0.3) is 0 Å². The maximum absolute atomic E-state index is 11.8. The van der Waals surface area contributed by atoms with Crippen LogP contribution in [0.4, 0.5) is 0 Å². The van der Waals surface area contributed by atoms with E-state index in [1.165, 1.54) is 26.4 Å². The van der Waals surface area contributed by atoms with E-state index in [1.54, 1.807) is 0 Å². The molecule has 0 saturated carbocycles. The molecule has 0 heterocycles. The third-order valence-electron chi connectivity index (χ3n) is 2.28. The Balaban J connectivity index is 3.15. The van der Waals surface area contributed by atoms with E-state index in [-0.39, 0.29) is 18.8 Å². The van der Waals surface area contributed by atoms with E-state index in [0.717, 1.165) is 0 Å². The number of methoxy groups -OCH3 is 2. The predicted molar refractivity (Wildman–Crippen MR) is 73.0 cm³/mol. The average Bonchev–Trinajstić information content (AvgIpc) is 2.49. The van der Waals surface area contributed by atoms with E-state index >= 15 is 0 Å². The average molecular weight is 274 g/mol. The fraction of sp³-hybridized carbons (Fsp3) is 0.267. The molecule has 0 N–H and O–H groups in total. The minimum Gasteiger partial charge on any atom is -0.493 e.